The number of rotatable bonds is 5. The molecule has 1 aromatic rings. The van der Waals surface area contributed by atoms with Crippen LogP contribution < -0.4 is 14.4 Å². The first-order chi connectivity index (χ1) is 9.03. The third-order valence-electron chi connectivity index (χ3n) is 3.24. The zero-order valence-electron chi connectivity index (χ0n) is 11.3. The quantitative estimate of drug-likeness (QED) is 0.883. The van der Waals surface area contributed by atoms with E-state index in [2.05, 4.69) is 16.5 Å². The van der Waals surface area contributed by atoms with Gasteiger partial charge >= 0.3 is 0 Å². The molecule has 0 aliphatic carbocycles. The predicted octanol–water partition coefficient (Wildman–Crippen LogP) is 1.21. The summed E-state index contributed by atoms with van der Waals surface area (Å²) in [5, 5.41) is 0. The van der Waals surface area contributed by atoms with Gasteiger partial charge in [-0.25, -0.2) is 13.1 Å². The molecule has 2 rings (SSSR count). The van der Waals surface area contributed by atoms with E-state index >= 15 is 0 Å². The van der Waals surface area contributed by atoms with Crippen molar-refractivity contribution in [3.05, 3.63) is 24.3 Å². The van der Waals surface area contributed by atoms with E-state index in [1.807, 2.05) is 24.3 Å². The van der Waals surface area contributed by atoms with Crippen LogP contribution in [0.5, 0.6) is 5.75 Å². The number of fused-ring (bicyclic) bond motifs is 1. The Morgan fingerprint density at radius 3 is 2.89 bits per heavy atom. The summed E-state index contributed by atoms with van der Waals surface area (Å²) in [5.74, 6) is 0.973. The monoisotopic (exact) mass is 284 g/mol. The summed E-state index contributed by atoms with van der Waals surface area (Å²) in [6, 6.07) is 8.07. The van der Waals surface area contributed by atoms with Gasteiger partial charge in [-0.15, -0.1) is 0 Å². The smallest absolute Gasteiger partial charge is 0.211 e. The van der Waals surface area contributed by atoms with Crippen molar-refractivity contribution in [1.82, 2.24) is 4.72 Å². The lowest BCUT2D eigenvalue weighted by Crippen LogP contribution is -2.45. The molecule has 1 aromatic carbocycles. The summed E-state index contributed by atoms with van der Waals surface area (Å²) in [6.07, 6.45) is 0. The molecule has 0 saturated heterocycles. The number of nitrogens with zero attached hydrogens (tertiary/aromatic N) is 1. The Kier molecular flexibility index (Phi) is 4.31. The molecule has 0 bridgehead atoms. The number of para-hydroxylation sites is 2. The van der Waals surface area contributed by atoms with E-state index in [1.54, 1.807) is 6.92 Å². The molecule has 1 N–H and O–H groups in total. The Bertz CT molecular complexity index is 530. The fourth-order valence-corrected chi connectivity index (χ4v) is 2.73. The summed E-state index contributed by atoms with van der Waals surface area (Å²) in [6.45, 7) is 5.38. The first-order valence-electron chi connectivity index (χ1n) is 6.49. The summed E-state index contributed by atoms with van der Waals surface area (Å²) in [7, 11) is -3.12. The predicted molar refractivity (Wildman–Crippen MR) is 76.2 cm³/mol. The fraction of sp³-hybridized carbons (Fsp3) is 0.538. The van der Waals surface area contributed by atoms with Crippen LogP contribution in [0.15, 0.2) is 24.3 Å². The van der Waals surface area contributed by atoms with Crippen molar-refractivity contribution in [2.45, 2.75) is 19.9 Å². The zero-order valence-corrected chi connectivity index (χ0v) is 12.1. The Morgan fingerprint density at radius 1 is 1.42 bits per heavy atom. The van der Waals surface area contributed by atoms with E-state index in [9.17, 15) is 8.42 Å². The molecule has 0 radical (unpaired) electrons. The number of anilines is 1. The van der Waals surface area contributed by atoms with Crippen LogP contribution in [0.4, 0.5) is 5.69 Å². The van der Waals surface area contributed by atoms with Gasteiger partial charge in [0.15, 0.2) is 0 Å². The minimum absolute atomic E-state index is 0.113. The number of sulfonamides is 1. The number of hydrogen-bond donors (Lipinski definition) is 1. The molecule has 1 aliphatic heterocycles. The lowest BCUT2D eigenvalue weighted by molar-refractivity contribution is 0.270. The molecule has 6 heteroatoms. The molecule has 1 heterocycles. The maximum atomic E-state index is 11.4. The fourth-order valence-electron chi connectivity index (χ4n) is 2.12. The molecule has 0 amide bonds. The largest absolute Gasteiger partial charge is 0.489 e. The third-order valence-corrected chi connectivity index (χ3v) is 4.65. The summed E-state index contributed by atoms with van der Waals surface area (Å²) < 4.78 is 31.1. The van der Waals surface area contributed by atoms with Gasteiger partial charge in [0, 0.05) is 13.1 Å². The van der Waals surface area contributed by atoms with Crippen LogP contribution >= 0.6 is 0 Å². The van der Waals surface area contributed by atoms with Crippen molar-refractivity contribution in [3.63, 3.8) is 0 Å². The van der Waals surface area contributed by atoms with Crippen molar-refractivity contribution in [2.75, 3.05) is 30.3 Å². The third kappa shape index (κ3) is 3.39. The van der Waals surface area contributed by atoms with Gasteiger partial charge in [-0.3, -0.25) is 0 Å². The first kappa shape index (κ1) is 14.1. The first-order valence-corrected chi connectivity index (χ1v) is 8.14. The van der Waals surface area contributed by atoms with Gasteiger partial charge in [0.05, 0.1) is 17.5 Å². The summed E-state index contributed by atoms with van der Waals surface area (Å²) in [4.78, 5) is 2.18. The van der Waals surface area contributed by atoms with Gasteiger partial charge < -0.3 is 9.64 Å². The molecule has 19 heavy (non-hydrogen) atoms. The van der Waals surface area contributed by atoms with E-state index < -0.39 is 10.0 Å². The van der Waals surface area contributed by atoms with Crippen molar-refractivity contribution in [2.24, 2.45) is 0 Å². The van der Waals surface area contributed by atoms with Crippen LogP contribution in [0.25, 0.3) is 0 Å². The highest BCUT2D eigenvalue weighted by Crippen LogP contribution is 2.32. The van der Waals surface area contributed by atoms with Crippen molar-refractivity contribution in [3.8, 4) is 5.75 Å². The Balaban J connectivity index is 2.04. The Hall–Kier alpha value is -1.27. The number of nitrogens with one attached hydrogen (secondary N) is 1. The average molecular weight is 284 g/mol. The van der Waals surface area contributed by atoms with Gasteiger partial charge in [-0.1, -0.05) is 12.1 Å². The van der Waals surface area contributed by atoms with E-state index in [4.69, 9.17) is 4.74 Å². The molecule has 0 spiro atoms. The second kappa shape index (κ2) is 5.79. The Morgan fingerprint density at radius 2 is 2.16 bits per heavy atom. The minimum atomic E-state index is -3.12. The SMILES string of the molecule is CCS(=O)(=O)NCCN1c2ccccc2OC[C@@H]1C. The molecule has 0 unspecified atom stereocenters. The molecule has 106 valence electrons. The molecule has 0 aromatic heterocycles. The number of hydrogen-bond acceptors (Lipinski definition) is 4. The van der Waals surface area contributed by atoms with E-state index in [0.717, 1.165) is 11.4 Å². The second-order valence-electron chi connectivity index (χ2n) is 4.62. The normalized spacial score (nSPS) is 18.8. The van der Waals surface area contributed by atoms with Crippen LogP contribution in [-0.4, -0.2) is 39.9 Å². The van der Waals surface area contributed by atoms with Gasteiger partial charge in [0.25, 0.3) is 0 Å². The Labute approximate surface area is 114 Å². The van der Waals surface area contributed by atoms with Crippen molar-refractivity contribution in [1.29, 1.82) is 0 Å². The van der Waals surface area contributed by atoms with Crippen LogP contribution in [-0.2, 0) is 10.0 Å². The van der Waals surface area contributed by atoms with Crippen molar-refractivity contribution < 1.29 is 13.2 Å². The topological polar surface area (TPSA) is 58.6 Å². The lowest BCUT2D eigenvalue weighted by Gasteiger charge is -2.36. The van der Waals surface area contributed by atoms with Crippen molar-refractivity contribution >= 4 is 15.7 Å². The van der Waals surface area contributed by atoms with E-state index in [0.29, 0.717) is 19.7 Å². The average Bonchev–Trinajstić information content (AvgIpc) is 2.41. The minimum Gasteiger partial charge on any atom is -0.489 e. The maximum Gasteiger partial charge on any atom is 0.211 e. The highest BCUT2D eigenvalue weighted by Gasteiger charge is 2.23. The standard InChI is InChI=1S/C13H20N2O3S/c1-3-19(16,17)14-8-9-15-11(2)10-18-13-7-5-4-6-12(13)15/h4-7,11,14H,3,8-10H2,1-2H3/t11-/m0/s1. The molecule has 0 fully saturated rings. The van der Waals surface area contributed by atoms with E-state index in [1.165, 1.54) is 0 Å². The molecule has 0 saturated carbocycles. The van der Waals surface area contributed by atoms with E-state index in [-0.39, 0.29) is 11.8 Å². The summed E-state index contributed by atoms with van der Waals surface area (Å²) in [5.41, 5.74) is 1.02. The number of ether oxygens (including phenoxy) is 1. The number of benzene rings is 1. The second-order valence-corrected chi connectivity index (χ2v) is 6.71. The van der Waals surface area contributed by atoms with Gasteiger partial charge in [-0.05, 0) is 26.0 Å². The van der Waals surface area contributed by atoms with Crippen LogP contribution in [0, 0.1) is 0 Å². The molecule has 1 aliphatic rings. The molecular formula is C13H20N2O3S. The lowest BCUT2D eigenvalue weighted by atomic mass is 10.1. The van der Waals surface area contributed by atoms with Crippen LogP contribution in [0.1, 0.15) is 13.8 Å². The highest BCUT2D eigenvalue weighted by molar-refractivity contribution is 7.89. The van der Waals surface area contributed by atoms with Gasteiger partial charge in [0.2, 0.25) is 10.0 Å². The van der Waals surface area contributed by atoms with Gasteiger partial charge in [0.1, 0.15) is 12.4 Å². The highest BCUT2D eigenvalue weighted by atomic mass is 32.2. The molecule has 5 nitrogen and oxygen atoms in total. The van der Waals surface area contributed by atoms with Crippen LogP contribution in [0.2, 0.25) is 0 Å². The zero-order chi connectivity index (χ0) is 13.9. The molecular weight excluding hydrogens is 264 g/mol. The summed E-state index contributed by atoms with van der Waals surface area (Å²) >= 11 is 0. The maximum absolute atomic E-state index is 11.4. The van der Waals surface area contributed by atoms with Gasteiger partial charge in [-0.2, -0.15) is 0 Å². The molecule has 1 atom stereocenters. The van der Waals surface area contributed by atoms with Crippen LogP contribution in [0.3, 0.4) is 0 Å².